The van der Waals surface area contributed by atoms with Crippen LogP contribution in [0.25, 0.3) is 67.1 Å². The van der Waals surface area contributed by atoms with Crippen LogP contribution in [0, 0.1) is 0 Å². The van der Waals surface area contributed by atoms with Gasteiger partial charge in [0.1, 0.15) is 5.60 Å². The molecule has 0 radical (unpaired) electrons. The molecule has 5 aromatic carbocycles. The minimum Gasteiger partial charge on any atom is -0.443 e. The van der Waals surface area contributed by atoms with Crippen LogP contribution in [0.3, 0.4) is 0 Å². The molecule has 7 aromatic rings. The summed E-state index contributed by atoms with van der Waals surface area (Å²) < 4.78 is 7.69. The fourth-order valence-electron chi connectivity index (χ4n) is 6.79. The summed E-state index contributed by atoms with van der Waals surface area (Å²) in [5, 5.41) is 1.90. The van der Waals surface area contributed by atoms with E-state index in [0.29, 0.717) is 17.5 Å². The highest BCUT2D eigenvalue weighted by Crippen LogP contribution is 2.50. The Morgan fingerprint density at radius 1 is 0.596 bits per heavy atom. The number of nitrogens with zero attached hydrogens (tertiary/aromatic N) is 4. The van der Waals surface area contributed by atoms with Gasteiger partial charge in [0.2, 0.25) is 0 Å². The molecule has 6 nitrogen and oxygen atoms in total. The number of hydrogen-bond acceptors (Lipinski definition) is 5. The van der Waals surface area contributed by atoms with Gasteiger partial charge < -0.3 is 4.74 Å². The number of rotatable bonds is 3. The second kappa shape index (κ2) is 10.5. The first-order chi connectivity index (χ1) is 22.6. The topological polar surface area (TPSA) is 69.9 Å². The van der Waals surface area contributed by atoms with E-state index in [4.69, 9.17) is 19.7 Å². The molecule has 0 bridgehead atoms. The molecule has 0 fully saturated rings. The molecule has 1 aliphatic rings. The van der Waals surface area contributed by atoms with Gasteiger partial charge in [-0.3, -0.25) is 0 Å². The summed E-state index contributed by atoms with van der Waals surface area (Å²) >= 11 is 0. The van der Waals surface area contributed by atoms with Gasteiger partial charge in [0, 0.05) is 32.9 Å². The summed E-state index contributed by atoms with van der Waals surface area (Å²) in [7, 11) is 0. The molecular weight excluding hydrogens is 580 g/mol. The van der Waals surface area contributed by atoms with Crippen molar-refractivity contribution in [2.75, 3.05) is 0 Å². The van der Waals surface area contributed by atoms with Crippen LogP contribution in [0.2, 0.25) is 0 Å². The number of aromatic nitrogens is 4. The van der Waals surface area contributed by atoms with Gasteiger partial charge in [0.15, 0.2) is 17.5 Å². The number of fused-ring (bicyclic) bond motifs is 6. The summed E-state index contributed by atoms with van der Waals surface area (Å²) in [5.74, 6) is 1.76. The molecule has 6 heteroatoms. The molecule has 0 unspecified atom stereocenters. The van der Waals surface area contributed by atoms with Gasteiger partial charge in [-0.15, -0.1) is 0 Å². The molecule has 0 aliphatic heterocycles. The summed E-state index contributed by atoms with van der Waals surface area (Å²) in [4.78, 5) is 28.7. The van der Waals surface area contributed by atoms with Crippen molar-refractivity contribution in [1.29, 1.82) is 0 Å². The Kier molecular flexibility index (Phi) is 6.41. The lowest BCUT2D eigenvalue weighted by Gasteiger charge is -2.22. The van der Waals surface area contributed by atoms with Crippen LogP contribution in [0.5, 0.6) is 0 Å². The zero-order chi connectivity index (χ0) is 32.5. The minimum atomic E-state index is -0.654. The highest BCUT2D eigenvalue weighted by atomic mass is 16.6. The maximum absolute atomic E-state index is 13.9. The Bertz CT molecular complexity index is 2290. The maximum Gasteiger partial charge on any atom is 0.419 e. The lowest BCUT2D eigenvalue weighted by Crippen LogP contribution is -2.27. The van der Waals surface area contributed by atoms with Crippen molar-refractivity contribution >= 4 is 27.9 Å². The molecule has 0 atom stereocenters. The first-order valence-electron chi connectivity index (χ1n) is 15.9. The summed E-state index contributed by atoms with van der Waals surface area (Å²) in [6, 6.07) is 39.0. The normalized spacial score (nSPS) is 13.5. The van der Waals surface area contributed by atoms with Crippen LogP contribution in [0.4, 0.5) is 4.79 Å². The van der Waals surface area contributed by atoms with E-state index in [-0.39, 0.29) is 5.41 Å². The predicted octanol–water partition coefficient (Wildman–Crippen LogP) is 10.1. The molecule has 2 heterocycles. The predicted molar refractivity (Wildman–Crippen MR) is 188 cm³/mol. The van der Waals surface area contributed by atoms with E-state index in [0.717, 1.165) is 38.5 Å². The SMILES string of the molecule is CC(C)(C)OC(=O)n1c2ccc(-c3nc(-c4ccccc4)nc(-c4ccccc4)n3)cc2c2cc3c(cc21)C(C)(C)c1ccccc1-3. The van der Waals surface area contributed by atoms with Crippen molar-refractivity contribution in [2.24, 2.45) is 0 Å². The van der Waals surface area contributed by atoms with Crippen molar-refractivity contribution in [2.45, 2.75) is 45.6 Å². The number of carbonyl (C=O) groups is 1. The Morgan fingerprint density at radius 2 is 1.15 bits per heavy atom. The molecule has 2 aromatic heterocycles. The molecular formula is C41H34N4O2. The lowest BCUT2D eigenvalue weighted by molar-refractivity contribution is 0.0551. The standard InChI is InChI=1S/C41H34N4O2/c1-40(2,3)47-39(46)45-34-21-20-27(38-43-36(25-14-8-6-9-15-25)42-37(44-38)26-16-10-7-11-17-26)22-30(34)31-23-29-28-18-12-13-19-32(28)41(4,5)33(29)24-35(31)45/h6-24H,1-5H3. The Labute approximate surface area is 273 Å². The number of carbonyl (C=O) groups excluding carboxylic acids is 1. The van der Waals surface area contributed by atoms with E-state index >= 15 is 0 Å². The molecule has 0 N–H and O–H groups in total. The lowest BCUT2D eigenvalue weighted by atomic mass is 9.82. The second-order valence-electron chi connectivity index (χ2n) is 13.7. The third-order valence-corrected chi connectivity index (χ3v) is 9.00. The van der Waals surface area contributed by atoms with E-state index < -0.39 is 11.7 Å². The minimum absolute atomic E-state index is 0.215. The fraction of sp³-hybridized carbons (Fsp3) is 0.171. The Hall–Kier alpha value is -5.62. The number of benzene rings is 5. The molecule has 0 saturated carbocycles. The van der Waals surface area contributed by atoms with Crippen molar-refractivity contribution in [1.82, 2.24) is 19.5 Å². The van der Waals surface area contributed by atoms with Crippen molar-refractivity contribution in [3.05, 3.63) is 126 Å². The molecule has 1 aliphatic carbocycles. The molecule has 8 rings (SSSR count). The van der Waals surface area contributed by atoms with Crippen LogP contribution >= 0.6 is 0 Å². The van der Waals surface area contributed by atoms with Gasteiger partial charge >= 0.3 is 6.09 Å². The van der Waals surface area contributed by atoms with Crippen molar-refractivity contribution < 1.29 is 9.53 Å². The van der Waals surface area contributed by atoms with Crippen molar-refractivity contribution in [3.63, 3.8) is 0 Å². The zero-order valence-corrected chi connectivity index (χ0v) is 27.1. The van der Waals surface area contributed by atoms with Crippen LogP contribution in [0.1, 0.15) is 45.7 Å². The van der Waals surface area contributed by atoms with Crippen molar-refractivity contribution in [3.8, 4) is 45.3 Å². The quantitative estimate of drug-likeness (QED) is 0.198. The van der Waals surface area contributed by atoms with E-state index in [1.807, 2.05) is 93.6 Å². The highest BCUT2D eigenvalue weighted by molar-refractivity contribution is 6.15. The summed E-state index contributed by atoms with van der Waals surface area (Å²) in [6.45, 7) is 10.2. The average molecular weight is 615 g/mol. The van der Waals surface area contributed by atoms with Gasteiger partial charge in [0.05, 0.1) is 11.0 Å². The Balaban J connectivity index is 1.39. The zero-order valence-electron chi connectivity index (χ0n) is 27.1. The van der Waals surface area contributed by atoms with Gasteiger partial charge in [-0.25, -0.2) is 24.3 Å². The number of ether oxygens (including phenoxy) is 1. The van der Waals surface area contributed by atoms with Crippen LogP contribution in [-0.4, -0.2) is 31.2 Å². The third-order valence-electron chi connectivity index (χ3n) is 9.00. The van der Waals surface area contributed by atoms with Gasteiger partial charge in [-0.1, -0.05) is 98.8 Å². The average Bonchev–Trinajstić information content (AvgIpc) is 3.51. The van der Waals surface area contributed by atoms with Gasteiger partial charge in [0.25, 0.3) is 0 Å². The van der Waals surface area contributed by atoms with Crippen LogP contribution < -0.4 is 0 Å². The van der Waals surface area contributed by atoms with Gasteiger partial charge in [-0.2, -0.15) is 0 Å². The summed E-state index contributed by atoms with van der Waals surface area (Å²) in [6.07, 6.45) is -0.406. The fourth-order valence-corrected chi connectivity index (χ4v) is 6.79. The molecule has 47 heavy (non-hydrogen) atoms. The first kappa shape index (κ1) is 28.8. The third kappa shape index (κ3) is 4.79. The Morgan fingerprint density at radius 3 is 1.77 bits per heavy atom. The molecule has 0 saturated heterocycles. The summed E-state index contributed by atoms with van der Waals surface area (Å²) in [5.41, 5.74) is 8.25. The number of hydrogen-bond donors (Lipinski definition) is 0. The van der Waals surface area contributed by atoms with E-state index in [2.05, 4.69) is 56.3 Å². The molecule has 0 spiro atoms. The molecule has 0 amide bonds. The van der Waals surface area contributed by atoms with Crippen LogP contribution in [0.15, 0.2) is 115 Å². The smallest absolute Gasteiger partial charge is 0.419 e. The maximum atomic E-state index is 13.9. The monoisotopic (exact) mass is 614 g/mol. The van der Waals surface area contributed by atoms with E-state index in [1.165, 1.54) is 22.3 Å². The van der Waals surface area contributed by atoms with E-state index in [1.54, 1.807) is 4.57 Å². The second-order valence-corrected chi connectivity index (χ2v) is 13.7. The van der Waals surface area contributed by atoms with E-state index in [9.17, 15) is 4.79 Å². The van der Waals surface area contributed by atoms with Gasteiger partial charge in [-0.05, 0) is 73.4 Å². The first-order valence-corrected chi connectivity index (χ1v) is 15.9. The molecule has 230 valence electrons. The largest absolute Gasteiger partial charge is 0.443 e. The van der Waals surface area contributed by atoms with Crippen LogP contribution in [-0.2, 0) is 10.2 Å². The highest BCUT2D eigenvalue weighted by Gasteiger charge is 2.36.